The van der Waals surface area contributed by atoms with E-state index in [2.05, 4.69) is 4.98 Å². The summed E-state index contributed by atoms with van der Waals surface area (Å²) in [4.78, 5) is 17.3. The van der Waals surface area contributed by atoms with Crippen molar-refractivity contribution in [2.45, 2.75) is 6.04 Å². The molecular formula is C15H12FN3O. The molecule has 2 rings (SSSR count). The summed E-state index contributed by atoms with van der Waals surface area (Å²) < 4.78 is 13.6. The Labute approximate surface area is 116 Å². The molecule has 100 valence electrons. The van der Waals surface area contributed by atoms with Crippen LogP contribution in [0.2, 0.25) is 0 Å². The molecule has 0 aliphatic carbocycles. The van der Waals surface area contributed by atoms with Crippen molar-refractivity contribution < 1.29 is 9.18 Å². The van der Waals surface area contributed by atoms with Gasteiger partial charge < -0.3 is 4.90 Å². The Kier molecular flexibility index (Phi) is 4.06. The van der Waals surface area contributed by atoms with Gasteiger partial charge in [0.25, 0.3) is 5.91 Å². The largest absolute Gasteiger partial charge is 0.322 e. The summed E-state index contributed by atoms with van der Waals surface area (Å²) in [6.07, 6.45) is 3.09. The summed E-state index contributed by atoms with van der Waals surface area (Å²) in [5.74, 6) is -1.14. The van der Waals surface area contributed by atoms with Crippen LogP contribution in [0.4, 0.5) is 4.39 Å². The second-order valence-electron chi connectivity index (χ2n) is 4.21. The molecule has 0 aliphatic rings. The maximum absolute atomic E-state index is 13.6. The van der Waals surface area contributed by atoms with Crippen LogP contribution in [0.3, 0.4) is 0 Å². The zero-order chi connectivity index (χ0) is 14.5. The standard InChI is InChI=1S/C15H12FN3O/c1-19(14(10-17)11-6-8-18-9-7-11)15(20)12-4-2-3-5-13(12)16/h2-9,14H,1H3. The van der Waals surface area contributed by atoms with Crippen LogP contribution in [0, 0.1) is 17.1 Å². The van der Waals surface area contributed by atoms with Crippen molar-refractivity contribution in [3.8, 4) is 6.07 Å². The van der Waals surface area contributed by atoms with E-state index in [4.69, 9.17) is 0 Å². The third-order valence-electron chi connectivity index (χ3n) is 2.96. The second-order valence-corrected chi connectivity index (χ2v) is 4.21. The highest BCUT2D eigenvalue weighted by molar-refractivity contribution is 5.94. The first-order valence-electron chi connectivity index (χ1n) is 5.96. The molecule has 0 radical (unpaired) electrons. The van der Waals surface area contributed by atoms with Crippen molar-refractivity contribution in [2.24, 2.45) is 0 Å². The molecule has 1 aromatic heterocycles. The summed E-state index contributed by atoms with van der Waals surface area (Å²) in [5, 5.41) is 9.26. The predicted molar refractivity (Wildman–Crippen MR) is 71.1 cm³/mol. The molecule has 4 nitrogen and oxygen atoms in total. The van der Waals surface area contributed by atoms with Gasteiger partial charge in [0.15, 0.2) is 0 Å². The third-order valence-corrected chi connectivity index (χ3v) is 2.96. The normalized spacial score (nSPS) is 11.4. The summed E-state index contributed by atoms with van der Waals surface area (Å²) >= 11 is 0. The van der Waals surface area contributed by atoms with Crippen LogP contribution in [0.5, 0.6) is 0 Å². The van der Waals surface area contributed by atoms with E-state index < -0.39 is 17.8 Å². The van der Waals surface area contributed by atoms with Crippen LogP contribution >= 0.6 is 0 Å². The molecular weight excluding hydrogens is 257 g/mol. The van der Waals surface area contributed by atoms with Gasteiger partial charge in [-0.25, -0.2) is 4.39 Å². The number of hydrogen-bond acceptors (Lipinski definition) is 3. The Hall–Kier alpha value is -2.74. The molecule has 0 aliphatic heterocycles. The number of aromatic nitrogens is 1. The SMILES string of the molecule is CN(C(=O)c1ccccc1F)C(C#N)c1ccncc1. The Morgan fingerprint density at radius 2 is 1.95 bits per heavy atom. The first-order chi connectivity index (χ1) is 9.65. The van der Waals surface area contributed by atoms with Gasteiger partial charge in [-0.2, -0.15) is 5.26 Å². The number of carbonyl (C=O) groups is 1. The highest BCUT2D eigenvalue weighted by Crippen LogP contribution is 2.20. The Morgan fingerprint density at radius 3 is 2.55 bits per heavy atom. The number of benzene rings is 1. The van der Waals surface area contributed by atoms with Crippen LogP contribution in [0.15, 0.2) is 48.8 Å². The van der Waals surface area contributed by atoms with E-state index in [-0.39, 0.29) is 5.56 Å². The number of rotatable bonds is 3. The number of nitrogens with zero attached hydrogens (tertiary/aromatic N) is 3. The average Bonchev–Trinajstić information content (AvgIpc) is 2.49. The first-order valence-corrected chi connectivity index (χ1v) is 5.96. The van der Waals surface area contributed by atoms with Crippen molar-refractivity contribution in [3.05, 3.63) is 65.7 Å². The number of amides is 1. The molecule has 0 bridgehead atoms. The van der Waals surface area contributed by atoms with Gasteiger partial charge >= 0.3 is 0 Å². The van der Waals surface area contributed by atoms with E-state index >= 15 is 0 Å². The number of carbonyl (C=O) groups excluding carboxylic acids is 1. The van der Waals surface area contributed by atoms with Crippen LogP contribution < -0.4 is 0 Å². The zero-order valence-corrected chi connectivity index (χ0v) is 10.8. The van der Waals surface area contributed by atoms with Crippen LogP contribution in [0.25, 0.3) is 0 Å². The Bertz CT molecular complexity index is 652. The van der Waals surface area contributed by atoms with Gasteiger partial charge in [-0.05, 0) is 29.8 Å². The van der Waals surface area contributed by atoms with E-state index in [0.29, 0.717) is 5.56 Å². The fourth-order valence-corrected chi connectivity index (χ4v) is 1.87. The van der Waals surface area contributed by atoms with E-state index in [1.54, 1.807) is 30.6 Å². The van der Waals surface area contributed by atoms with E-state index in [1.807, 2.05) is 6.07 Å². The van der Waals surface area contributed by atoms with E-state index in [1.165, 1.54) is 30.1 Å². The minimum atomic E-state index is -0.787. The van der Waals surface area contributed by atoms with Crippen molar-refractivity contribution in [2.75, 3.05) is 7.05 Å². The molecule has 2 aromatic rings. The number of pyridine rings is 1. The monoisotopic (exact) mass is 269 g/mol. The van der Waals surface area contributed by atoms with Gasteiger partial charge in [-0.3, -0.25) is 9.78 Å². The fourth-order valence-electron chi connectivity index (χ4n) is 1.87. The lowest BCUT2D eigenvalue weighted by molar-refractivity contribution is 0.0758. The first kappa shape index (κ1) is 13.7. The topological polar surface area (TPSA) is 57.0 Å². The lowest BCUT2D eigenvalue weighted by Crippen LogP contribution is -2.31. The second kappa shape index (κ2) is 5.93. The molecule has 0 fully saturated rings. The maximum Gasteiger partial charge on any atom is 0.257 e. The zero-order valence-electron chi connectivity index (χ0n) is 10.8. The summed E-state index contributed by atoms with van der Waals surface area (Å²) in [6.45, 7) is 0. The molecule has 1 heterocycles. The molecule has 1 amide bonds. The van der Waals surface area contributed by atoms with Gasteiger partial charge in [-0.15, -0.1) is 0 Å². The molecule has 1 unspecified atom stereocenters. The molecule has 1 atom stereocenters. The Balaban J connectivity index is 2.31. The molecule has 0 saturated carbocycles. The van der Waals surface area contributed by atoms with Crippen molar-refractivity contribution in [3.63, 3.8) is 0 Å². The van der Waals surface area contributed by atoms with Gasteiger partial charge in [0.1, 0.15) is 11.9 Å². The smallest absolute Gasteiger partial charge is 0.257 e. The highest BCUT2D eigenvalue weighted by Gasteiger charge is 2.24. The molecule has 0 saturated heterocycles. The van der Waals surface area contributed by atoms with Crippen molar-refractivity contribution in [1.82, 2.24) is 9.88 Å². The summed E-state index contributed by atoms with van der Waals surface area (Å²) in [7, 11) is 1.48. The van der Waals surface area contributed by atoms with Gasteiger partial charge in [0, 0.05) is 19.4 Å². The van der Waals surface area contributed by atoms with Gasteiger partial charge in [0.2, 0.25) is 0 Å². The third kappa shape index (κ3) is 2.64. The Morgan fingerprint density at radius 1 is 1.30 bits per heavy atom. The molecule has 20 heavy (non-hydrogen) atoms. The molecule has 0 N–H and O–H groups in total. The summed E-state index contributed by atoms with van der Waals surface area (Å²) in [5.41, 5.74) is 0.582. The average molecular weight is 269 g/mol. The van der Waals surface area contributed by atoms with Crippen LogP contribution in [-0.2, 0) is 0 Å². The minimum Gasteiger partial charge on any atom is -0.322 e. The number of hydrogen-bond donors (Lipinski definition) is 0. The predicted octanol–water partition coefficient (Wildman–Crippen LogP) is 2.56. The van der Waals surface area contributed by atoms with Crippen LogP contribution in [-0.4, -0.2) is 22.8 Å². The lowest BCUT2D eigenvalue weighted by atomic mass is 10.1. The van der Waals surface area contributed by atoms with E-state index in [0.717, 1.165) is 0 Å². The minimum absolute atomic E-state index is 0.0516. The van der Waals surface area contributed by atoms with Crippen molar-refractivity contribution in [1.29, 1.82) is 5.26 Å². The lowest BCUT2D eigenvalue weighted by Gasteiger charge is -2.23. The number of nitriles is 1. The molecule has 5 heteroatoms. The fraction of sp³-hybridized carbons (Fsp3) is 0.133. The van der Waals surface area contributed by atoms with Crippen LogP contribution in [0.1, 0.15) is 22.0 Å². The maximum atomic E-state index is 13.6. The van der Waals surface area contributed by atoms with Gasteiger partial charge in [0.05, 0.1) is 11.6 Å². The van der Waals surface area contributed by atoms with Gasteiger partial charge in [-0.1, -0.05) is 12.1 Å². The van der Waals surface area contributed by atoms with E-state index in [9.17, 15) is 14.4 Å². The quantitative estimate of drug-likeness (QED) is 0.860. The summed E-state index contributed by atoms with van der Waals surface area (Å²) in [6, 6.07) is 10.3. The number of halogens is 1. The van der Waals surface area contributed by atoms with Crippen molar-refractivity contribution >= 4 is 5.91 Å². The molecule has 0 spiro atoms. The highest BCUT2D eigenvalue weighted by atomic mass is 19.1. The molecule has 1 aromatic carbocycles.